The summed E-state index contributed by atoms with van der Waals surface area (Å²) in [6.45, 7) is 4.53. The molecule has 1 fully saturated rings. The Morgan fingerprint density at radius 2 is 2.24 bits per heavy atom. The maximum absolute atomic E-state index is 11.4. The zero-order valence-corrected chi connectivity index (χ0v) is 10.6. The molecule has 0 radical (unpaired) electrons. The van der Waals surface area contributed by atoms with Gasteiger partial charge in [0.2, 0.25) is 0 Å². The standard InChI is InChI=1S/C13H22N2O2/c1-3-9-14-12(16)15-11-13(6-5-7-13)8-10-17-4-2/h1H,4-11H2,2H3,(H2,14,15,16). The molecule has 96 valence electrons. The van der Waals surface area contributed by atoms with Gasteiger partial charge in [-0.1, -0.05) is 12.3 Å². The molecule has 1 saturated carbocycles. The zero-order chi connectivity index (χ0) is 12.6. The minimum Gasteiger partial charge on any atom is -0.382 e. The van der Waals surface area contributed by atoms with Gasteiger partial charge in [0.05, 0.1) is 6.54 Å². The lowest BCUT2D eigenvalue weighted by molar-refractivity contribution is 0.0558. The molecule has 0 spiro atoms. The Kier molecular flexibility index (Phi) is 5.85. The topological polar surface area (TPSA) is 50.4 Å². The molecule has 2 N–H and O–H groups in total. The van der Waals surface area contributed by atoms with Gasteiger partial charge in [-0.2, -0.15) is 0 Å². The van der Waals surface area contributed by atoms with Crippen molar-refractivity contribution in [1.29, 1.82) is 0 Å². The molecular weight excluding hydrogens is 216 g/mol. The molecule has 0 aromatic carbocycles. The van der Waals surface area contributed by atoms with Gasteiger partial charge in [0.15, 0.2) is 0 Å². The first-order valence-electron chi connectivity index (χ1n) is 6.25. The average molecular weight is 238 g/mol. The molecular formula is C13H22N2O2. The molecule has 1 aliphatic carbocycles. The number of hydrogen-bond donors (Lipinski definition) is 2. The van der Waals surface area contributed by atoms with Gasteiger partial charge in [-0.05, 0) is 31.6 Å². The molecule has 0 unspecified atom stereocenters. The number of carbonyl (C=O) groups is 1. The van der Waals surface area contributed by atoms with Crippen LogP contribution in [0.3, 0.4) is 0 Å². The summed E-state index contributed by atoms with van der Waals surface area (Å²) in [5, 5.41) is 5.49. The molecule has 4 nitrogen and oxygen atoms in total. The van der Waals surface area contributed by atoms with Gasteiger partial charge in [0.25, 0.3) is 0 Å². The van der Waals surface area contributed by atoms with Crippen molar-refractivity contribution >= 4 is 6.03 Å². The first kappa shape index (κ1) is 13.9. The van der Waals surface area contributed by atoms with Gasteiger partial charge >= 0.3 is 6.03 Å². The normalized spacial score (nSPS) is 16.7. The Bertz CT molecular complexity index is 280. The number of urea groups is 1. The third kappa shape index (κ3) is 4.66. The maximum atomic E-state index is 11.4. The monoisotopic (exact) mass is 238 g/mol. The fraction of sp³-hybridized carbons (Fsp3) is 0.769. The van der Waals surface area contributed by atoms with Gasteiger partial charge in [-0.3, -0.25) is 0 Å². The Balaban J connectivity index is 2.22. The number of terminal acetylenes is 1. The second-order valence-corrected chi connectivity index (χ2v) is 4.54. The van der Waals surface area contributed by atoms with E-state index in [0.717, 1.165) is 26.2 Å². The average Bonchev–Trinajstić information content (AvgIpc) is 2.29. The Morgan fingerprint density at radius 3 is 2.76 bits per heavy atom. The molecule has 0 aliphatic heterocycles. The summed E-state index contributed by atoms with van der Waals surface area (Å²) in [7, 11) is 0. The van der Waals surface area contributed by atoms with Gasteiger partial charge in [-0.25, -0.2) is 4.79 Å². The van der Waals surface area contributed by atoms with Crippen LogP contribution >= 0.6 is 0 Å². The minimum absolute atomic E-state index is 0.175. The lowest BCUT2D eigenvalue weighted by atomic mass is 9.67. The van der Waals surface area contributed by atoms with Gasteiger partial charge < -0.3 is 15.4 Å². The number of nitrogens with one attached hydrogen (secondary N) is 2. The van der Waals surface area contributed by atoms with Crippen molar-refractivity contribution in [3.05, 3.63) is 0 Å². The summed E-state index contributed by atoms with van der Waals surface area (Å²) in [5.74, 6) is 2.37. The zero-order valence-electron chi connectivity index (χ0n) is 10.6. The summed E-state index contributed by atoms with van der Waals surface area (Å²) in [6.07, 6.45) is 9.69. The van der Waals surface area contributed by atoms with Crippen LogP contribution < -0.4 is 10.6 Å². The SMILES string of the molecule is C#CCNC(=O)NCC1(CCOCC)CCC1. The van der Waals surface area contributed by atoms with Gasteiger partial charge in [0, 0.05) is 19.8 Å². The molecule has 17 heavy (non-hydrogen) atoms. The Labute approximate surface area is 103 Å². The quantitative estimate of drug-likeness (QED) is 0.522. The minimum atomic E-state index is -0.175. The van der Waals surface area contributed by atoms with E-state index < -0.39 is 0 Å². The Morgan fingerprint density at radius 1 is 1.47 bits per heavy atom. The van der Waals surface area contributed by atoms with Crippen LogP contribution in [-0.2, 0) is 4.74 Å². The molecule has 1 rings (SSSR count). The van der Waals surface area contributed by atoms with Crippen LogP contribution in [0.25, 0.3) is 0 Å². The maximum Gasteiger partial charge on any atom is 0.315 e. The summed E-state index contributed by atoms with van der Waals surface area (Å²) in [5.41, 5.74) is 0.253. The summed E-state index contributed by atoms with van der Waals surface area (Å²) in [4.78, 5) is 11.4. The van der Waals surface area contributed by atoms with Crippen molar-refractivity contribution in [3.8, 4) is 12.3 Å². The number of rotatable bonds is 7. The number of carbonyl (C=O) groups excluding carboxylic acids is 1. The highest BCUT2D eigenvalue weighted by Gasteiger charge is 2.36. The fourth-order valence-electron chi connectivity index (χ4n) is 2.09. The number of amides is 2. The molecule has 0 atom stereocenters. The summed E-state index contributed by atoms with van der Waals surface area (Å²) in [6, 6.07) is -0.175. The van der Waals surface area contributed by atoms with E-state index in [-0.39, 0.29) is 18.0 Å². The van der Waals surface area contributed by atoms with E-state index in [9.17, 15) is 4.79 Å². The molecule has 0 bridgehead atoms. The predicted octanol–water partition coefficient (Wildman–Crippen LogP) is 1.52. The fourth-order valence-corrected chi connectivity index (χ4v) is 2.09. The second kappa shape index (κ2) is 7.18. The molecule has 0 aromatic heterocycles. The van der Waals surface area contributed by atoms with E-state index in [1.54, 1.807) is 0 Å². The van der Waals surface area contributed by atoms with Crippen LogP contribution in [0.5, 0.6) is 0 Å². The second-order valence-electron chi connectivity index (χ2n) is 4.54. The van der Waals surface area contributed by atoms with Crippen molar-refractivity contribution in [2.75, 3.05) is 26.3 Å². The predicted molar refractivity (Wildman–Crippen MR) is 67.6 cm³/mol. The van der Waals surface area contributed by atoms with Crippen LogP contribution in [0, 0.1) is 17.8 Å². The van der Waals surface area contributed by atoms with Crippen molar-refractivity contribution in [2.24, 2.45) is 5.41 Å². The molecule has 0 heterocycles. The number of ether oxygens (including phenoxy) is 1. The third-order valence-electron chi connectivity index (χ3n) is 3.37. The summed E-state index contributed by atoms with van der Waals surface area (Å²) < 4.78 is 5.38. The van der Waals surface area contributed by atoms with Crippen LogP contribution in [0.4, 0.5) is 4.79 Å². The number of hydrogen-bond acceptors (Lipinski definition) is 2. The molecule has 0 saturated heterocycles. The lowest BCUT2D eigenvalue weighted by Gasteiger charge is -2.42. The van der Waals surface area contributed by atoms with Crippen molar-refractivity contribution < 1.29 is 9.53 Å². The molecule has 1 aliphatic rings. The van der Waals surface area contributed by atoms with Crippen LogP contribution in [0.1, 0.15) is 32.6 Å². The molecule has 2 amide bonds. The van der Waals surface area contributed by atoms with Gasteiger partial charge in [0.1, 0.15) is 0 Å². The lowest BCUT2D eigenvalue weighted by Crippen LogP contribution is -2.46. The van der Waals surface area contributed by atoms with Crippen molar-refractivity contribution in [2.45, 2.75) is 32.6 Å². The smallest absolute Gasteiger partial charge is 0.315 e. The molecule has 0 aromatic rings. The van der Waals surface area contributed by atoms with E-state index in [2.05, 4.69) is 16.6 Å². The highest BCUT2D eigenvalue weighted by atomic mass is 16.5. The van der Waals surface area contributed by atoms with E-state index in [1.165, 1.54) is 19.3 Å². The van der Waals surface area contributed by atoms with Crippen molar-refractivity contribution in [3.63, 3.8) is 0 Å². The third-order valence-corrected chi connectivity index (χ3v) is 3.37. The van der Waals surface area contributed by atoms with Crippen LogP contribution in [-0.4, -0.2) is 32.3 Å². The van der Waals surface area contributed by atoms with E-state index >= 15 is 0 Å². The van der Waals surface area contributed by atoms with E-state index in [0.29, 0.717) is 0 Å². The highest BCUT2D eigenvalue weighted by Crippen LogP contribution is 2.43. The Hall–Kier alpha value is -1.21. The van der Waals surface area contributed by atoms with Gasteiger partial charge in [-0.15, -0.1) is 6.42 Å². The van der Waals surface area contributed by atoms with Crippen molar-refractivity contribution in [1.82, 2.24) is 10.6 Å². The van der Waals surface area contributed by atoms with Crippen LogP contribution in [0.2, 0.25) is 0 Å². The largest absolute Gasteiger partial charge is 0.382 e. The van der Waals surface area contributed by atoms with Crippen LogP contribution in [0.15, 0.2) is 0 Å². The van der Waals surface area contributed by atoms with E-state index in [1.807, 2.05) is 6.92 Å². The van der Waals surface area contributed by atoms with E-state index in [4.69, 9.17) is 11.2 Å². The highest BCUT2D eigenvalue weighted by molar-refractivity contribution is 5.74. The summed E-state index contributed by atoms with van der Waals surface area (Å²) >= 11 is 0. The molecule has 4 heteroatoms. The first-order valence-corrected chi connectivity index (χ1v) is 6.25. The first-order chi connectivity index (χ1) is 8.22.